The van der Waals surface area contributed by atoms with Crippen molar-refractivity contribution in [3.05, 3.63) is 95.9 Å². The first kappa shape index (κ1) is 58.5. The fourth-order valence-electron chi connectivity index (χ4n) is 8.63. The second-order valence-electron chi connectivity index (χ2n) is 19.5. The Morgan fingerprint density at radius 1 is 0.436 bits per heavy atom. The number of carbonyl (C=O) groups excluding carboxylic acids is 8. The smallest absolute Gasteiger partial charge is 0.291 e. The van der Waals surface area contributed by atoms with Crippen LogP contribution in [0.2, 0.25) is 0 Å². The Morgan fingerprint density at radius 3 is 1.13 bits per heavy atom. The van der Waals surface area contributed by atoms with Gasteiger partial charge in [0, 0.05) is 91.6 Å². The number of nitrogens with zero attached hydrogens (tertiary/aromatic N) is 10. The molecule has 418 valence electrons. The van der Waals surface area contributed by atoms with Crippen molar-refractivity contribution in [3.8, 4) is 0 Å². The predicted octanol–water partition coefficient (Wildman–Crippen LogP) is 3.98. The molecule has 6 aromatic rings. The van der Waals surface area contributed by atoms with Crippen LogP contribution >= 0.6 is 0 Å². The van der Waals surface area contributed by atoms with Gasteiger partial charge in [-0.05, 0) is 91.2 Å². The molecule has 8 N–H and O–H groups in total. The zero-order valence-electron chi connectivity index (χ0n) is 45.6. The maximum Gasteiger partial charge on any atom is 0.291 e. The summed E-state index contributed by atoms with van der Waals surface area (Å²) in [4.78, 5) is 116. The van der Waals surface area contributed by atoms with E-state index in [9.17, 15) is 38.4 Å². The number of carbonyl (C=O) groups is 8. The van der Waals surface area contributed by atoms with Crippen molar-refractivity contribution in [1.82, 2.24) is 57.8 Å². The number of hydrogen-bond acceptors (Lipinski definition) is 12. The van der Waals surface area contributed by atoms with Gasteiger partial charge in [0.25, 0.3) is 35.4 Å². The van der Waals surface area contributed by atoms with E-state index in [1.807, 2.05) is 38.0 Å². The van der Waals surface area contributed by atoms with Crippen LogP contribution in [0.15, 0.2) is 61.4 Å². The highest BCUT2D eigenvalue weighted by molar-refractivity contribution is 6.07. The van der Waals surface area contributed by atoms with Gasteiger partial charge in [-0.25, -0.2) is 9.97 Å². The fraction of sp³-hybridized carbons (Fsp3) is 0.423. The van der Waals surface area contributed by atoms with E-state index < -0.39 is 23.6 Å². The number of aryl methyl sites for hydroxylation is 6. The topological polar surface area (TPSA) is 295 Å². The maximum atomic E-state index is 13.9. The zero-order valence-corrected chi connectivity index (χ0v) is 45.6. The second-order valence-corrected chi connectivity index (χ2v) is 19.5. The van der Waals surface area contributed by atoms with Crippen LogP contribution < -0.4 is 42.5 Å². The Bertz CT molecular complexity index is 2870. The van der Waals surface area contributed by atoms with Crippen LogP contribution in [0.25, 0.3) is 0 Å². The number of rotatable bonds is 31. The third-order valence-corrected chi connectivity index (χ3v) is 12.5. The van der Waals surface area contributed by atoms with Gasteiger partial charge < -0.3 is 79.7 Å². The number of imidazole rings is 2. The molecule has 0 aliphatic heterocycles. The van der Waals surface area contributed by atoms with Crippen LogP contribution in [0.5, 0.6) is 0 Å². The molecule has 0 aliphatic rings. The van der Waals surface area contributed by atoms with E-state index in [1.165, 1.54) is 12.1 Å². The molecule has 78 heavy (non-hydrogen) atoms. The minimum Gasteiger partial charge on any atom is -0.351 e. The lowest BCUT2D eigenvalue weighted by Crippen LogP contribution is -2.28. The van der Waals surface area contributed by atoms with Crippen molar-refractivity contribution < 1.29 is 38.4 Å². The second kappa shape index (κ2) is 27.8. The Kier molecular flexibility index (Phi) is 20.9. The van der Waals surface area contributed by atoms with E-state index in [4.69, 9.17) is 0 Å². The lowest BCUT2D eigenvalue weighted by Gasteiger charge is -2.10. The molecule has 26 nitrogen and oxygen atoms in total. The van der Waals surface area contributed by atoms with Crippen LogP contribution in [-0.4, -0.2) is 150 Å². The fourth-order valence-corrected chi connectivity index (χ4v) is 8.63. The third kappa shape index (κ3) is 16.4. The maximum absolute atomic E-state index is 13.9. The minimum atomic E-state index is -0.547. The summed E-state index contributed by atoms with van der Waals surface area (Å²) < 4.78 is 9.72. The van der Waals surface area contributed by atoms with Gasteiger partial charge >= 0.3 is 0 Å². The van der Waals surface area contributed by atoms with E-state index >= 15 is 0 Å². The van der Waals surface area contributed by atoms with E-state index in [2.05, 4.69) is 52.5 Å². The molecule has 0 spiro atoms. The standard InChI is InChI=1S/C52H72N18O8/c1-63(2)19-15-17-53-47(73)39-25-37(29-67(39)7)57-51(77)45-59-43(61-49(75)41-23-35(55-33-71)27-65(41)5)31-69(45)21-13-11-9-10-12-14-22-70-32-44(62-50(76)42-24-36(56-34-72)28-66(42)6)60-46(70)52(78)58-38-26-40(68(8)30-38)48(74)54-18-16-20-64(3)4/h23-34H,9-22H2,1-8H3,(H,53,73)(H,54,74)(H,55,71)(H,56,72)(H,57,77)(H,58,78)(H,61,75)(H,62,76). The Morgan fingerprint density at radius 2 is 0.769 bits per heavy atom. The van der Waals surface area contributed by atoms with E-state index in [0.29, 0.717) is 86.0 Å². The van der Waals surface area contributed by atoms with E-state index in [-0.39, 0.29) is 46.5 Å². The van der Waals surface area contributed by atoms with Crippen molar-refractivity contribution in [2.45, 2.75) is 64.5 Å². The molecule has 6 aromatic heterocycles. The molecule has 26 heteroatoms. The molecule has 0 atom stereocenters. The van der Waals surface area contributed by atoms with Gasteiger partial charge in [-0.3, -0.25) is 38.4 Å². The summed E-state index contributed by atoms with van der Waals surface area (Å²) >= 11 is 0. The molecule has 6 rings (SSSR count). The molecule has 0 bridgehead atoms. The van der Waals surface area contributed by atoms with Gasteiger partial charge in [-0.15, -0.1) is 0 Å². The third-order valence-electron chi connectivity index (χ3n) is 12.5. The SMILES string of the molecule is CN(C)CCCNC(=O)c1cc(NC(=O)c2nc(NC(=O)c3cc(NC=O)cn3C)cn2CCCCCCCCn2cc(NC(=O)c3cc(NC=O)cn3C)nc2C(=O)Nc2cc(C(=O)NCCCN(C)C)n(C)c2)cn1C. The first-order chi connectivity index (χ1) is 37.3. The number of amides is 8. The zero-order chi connectivity index (χ0) is 56.5. The quantitative estimate of drug-likeness (QED) is 0.0227. The number of aromatic nitrogens is 8. The van der Waals surface area contributed by atoms with Gasteiger partial charge in [0.15, 0.2) is 11.6 Å². The van der Waals surface area contributed by atoms with E-state index in [1.54, 1.807) is 105 Å². The summed E-state index contributed by atoms with van der Waals surface area (Å²) in [7, 11) is 14.6. The normalized spacial score (nSPS) is 11.2. The summed E-state index contributed by atoms with van der Waals surface area (Å²) in [6.45, 7) is 3.40. The molecular formula is C52H72N18O8. The highest BCUT2D eigenvalue weighted by atomic mass is 16.2. The van der Waals surface area contributed by atoms with Gasteiger partial charge in [0.05, 0.1) is 22.7 Å². The van der Waals surface area contributed by atoms with Crippen LogP contribution in [0.4, 0.5) is 34.4 Å². The van der Waals surface area contributed by atoms with Crippen molar-refractivity contribution in [2.75, 3.05) is 86.3 Å². The van der Waals surface area contributed by atoms with Gasteiger partial charge in [-0.1, -0.05) is 25.7 Å². The number of hydrogen-bond donors (Lipinski definition) is 8. The summed E-state index contributed by atoms with van der Waals surface area (Å²) in [5.74, 6) is -2.29. The number of nitrogens with one attached hydrogen (secondary N) is 8. The molecule has 0 aromatic carbocycles. The van der Waals surface area contributed by atoms with Crippen LogP contribution in [0.3, 0.4) is 0 Å². The lowest BCUT2D eigenvalue weighted by atomic mass is 10.1. The largest absolute Gasteiger partial charge is 0.351 e. The highest BCUT2D eigenvalue weighted by Gasteiger charge is 2.23. The van der Waals surface area contributed by atoms with Crippen molar-refractivity contribution in [3.63, 3.8) is 0 Å². The molecular weight excluding hydrogens is 1000 g/mol. The first-order valence-corrected chi connectivity index (χ1v) is 25.6. The van der Waals surface area contributed by atoms with E-state index in [0.717, 1.165) is 51.6 Å². The Balaban J connectivity index is 1.08. The molecule has 8 amide bonds. The van der Waals surface area contributed by atoms with Crippen LogP contribution in [0, 0.1) is 0 Å². The average molecular weight is 1080 g/mol. The summed E-state index contributed by atoms with van der Waals surface area (Å²) in [5, 5.41) is 22.1. The average Bonchev–Trinajstić information content (AvgIpc) is 4.27. The molecule has 0 aliphatic carbocycles. The molecule has 6 heterocycles. The molecule has 0 unspecified atom stereocenters. The lowest BCUT2D eigenvalue weighted by molar-refractivity contribution is -0.106. The summed E-state index contributed by atoms with van der Waals surface area (Å²) in [6.07, 6.45) is 16.8. The monoisotopic (exact) mass is 1080 g/mol. The van der Waals surface area contributed by atoms with Gasteiger partial charge in [0.2, 0.25) is 24.5 Å². The Labute approximate surface area is 452 Å². The summed E-state index contributed by atoms with van der Waals surface area (Å²) in [5.41, 5.74) is 2.86. The molecule has 0 saturated heterocycles. The summed E-state index contributed by atoms with van der Waals surface area (Å²) in [6, 6.07) is 6.21. The highest BCUT2D eigenvalue weighted by Crippen LogP contribution is 2.22. The van der Waals surface area contributed by atoms with Crippen molar-refractivity contribution >= 4 is 82.6 Å². The van der Waals surface area contributed by atoms with Gasteiger partial charge in [0.1, 0.15) is 22.8 Å². The molecule has 0 fully saturated rings. The van der Waals surface area contributed by atoms with Crippen molar-refractivity contribution in [1.29, 1.82) is 0 Å². The number of anilines is 6. The predicted molar refractivity (Wildman–Crippen MR) is 296 cm³/mol. The first-order valence-electron chi connectivity index (χ1n) is 25.6. The Hall–Kier alpha value is -8.78. The van der Waals surface area contributed by atoms with Crippen LogP contribution in [-0.2, 0) is 50.9 Å². The van der Waals surface area contributed by atoms with Gasteiger partial charge in [-0.2, -0.15) is 0 Å². The molecule has 0 radical (unpaired) electrons. The minimum absolute atomic E-state index is 0.0439. The van der Waals surface area contributed by atoms with Crippen molar-refractivity contribution in [2.24, 2.45) is 28.2 Å². The van der Waals surface area contributed by atoms with Crippen LogP contribution in [0.1, 0.15) is 115 Å². The molecule has 0 saturated carbocycles. The number of unbranched alkanes of at least 4 members (excludes halogenated alkanes) is 5.